The molecule has 2 unspecified atom stereocenters. The van der Waals surface area contributed by atoms with Crippen LogP contribution in [0.5, 0.6) is 5.75 Å². The Kier molecular flexibility index (Phi) is 3.78. The zero-order valence-electron chi connectivity index (χ0n) is 12.5. The molecule has 110 valence electrons. The SMILES string of the molecule is Cc1cc(C2CC(C(=O)O)CN2)cc(C(C)(C)C)c1O. The molecule has 1 aliphatic heterocycles. The van der Waals surface area contributed by atoms with E-state index in [0.717, 1.165) is 16.7 Å². The Morgan fingerprint density at radius 2 is 2.00 bits per heavy atom. The monoisotopic (exact) mass is 277 g/mol. The van der Waals surface area contributed by atoms with Gasteiger partial charge in [0.1, 0.15) is 5.75 Å². The number of carboxylic acids is 1. The van der Waals surface area contributed by atoms with Crippen molar-refractivity contribution >= 4 is 5.97 Å². The van der Waals surface area contributed by atoms with E-state index in [9.17, 15) is 9.90 Å². The minimum atomic E-state index is -0.744. The standard InChI is InChI=1S/C16H23NO3/c1-9-5-10(6-12(14(9)18)16(2,3)4)13-7-11(8-17-13)15(19)20/h5-6,11,13,17-18H,7-8H2,1-4H3,(H,19,20). The summed E-state index contributed by atoms with van der Waals surface area (Å²) in [5.41, 5.74) is 2.67. The van der Waals surface area contributed by atoms with Gasteiger partial charge in [0.05, 0.1) is 5.92 Å². The van der Waals surface area contributed by atoms with Crippen LogP contribution in [0.3, 0.4) is 0 Å². The first kappa shape index (κ1) is 14.9. The fourth-order valence-corrected chi connectivity index (χ4v) is 2.76. The topological polar surface area (TPSA) is 69.6 Å². The summed E-state index contributed by atoms with van der Waals surface area (Å²) in [5, 5.41) is 22.6. The van der Waals surface area contributed by atoms with Gasteiger partial charge in [-0.05, 0) is 41.5 Å². The Labute approximate surface area is 119 Å². The van der Waals surface area contributed by atoms with Gasteiger partial charge >= 0.3 is 5.97 Å². The minimum absolute atomic E-state index is 0.0523. The maximum atomic E-state index is 11.0. The third kappa shape index (κ3) is 2.80. The van der Waals surface area contributed by atoms with Crippen LogP contribution in [0.15, 0.2) is 12.1 Å². The van der Waals surface area contributed by atoms with E-state index in [4.69, 9.17) is 5.11 Å². The zero-order valence-corrected chi connectivity index (χ0v) is 12.5. The highest BCUT2D eigenvalue weighted by molar-refractivity contribution is 5.70. The molecule has 2 atom stereocenters. The molecule has 4 heteroatoms. The van der Waals surface area contributed by atoms with Gasteiger partial charge in [0.25, 0.3) is 0 Å². The molecule has 0 aliphatic carbocycles. The van der Waals surface area contributed by atoms with E-state index in [-0.39, 0.29) is 17.4 Å². The summed E-state index contributed by atoms with van der Waals surface area (Å²) in [7, 11) is 0. The molecule has 2 rings (SSSR count). The number of aliphatic carboxylic acids is 1. The van der Waals surface area contributed by atoms with E-state index in [1.807, 2.05) is 19.1 Å². The maximum absolute atomic E-state index is 11.0. The van der Waals surface area contributed by atoms with Crippen LogP contribution in [0, 0.1) is 12.8 Å². The zero-order chi connectivity index (χ0) is 15.1. The Balaban J connectivity index is 2.35. The number of aryl methyl sites for hydroxylation is 1. The van der Waals surface area contributed by atoms with E-state index in [1.165, 1.54) is 0 Å². The van der Waals surface area contributed by atoms with Gasteiger partial charge in [-0.15, -0.1) is 0 Å². The van der Waals surface area contributed by atoms with Crippen molar-refractivity contribution in [3.8, 4) is 5.75 Å². The third-order valence-electron chi connectivity index (χ3n) is 4.01. The first-order valence-corrected chi connectivity index (χ1v) is 7.00. The molecule has 1 aliphatic rings. The number of carbonyl (C=O) groups is 1. The lowest BCUT2D eigenvalue weighted by atomic mass is 9.83. The third-order valence-corrected chi connectivity index (χ3v) is 4.01. The van der Waals surface area contributed by atoms with Gasteiger partial charge < -0.3 is 15.5 Å². The van der Waals surface area contributed by atoms with Crippen molar-refractivity contribution in [3.63, 3.8) is 0 Å². The molecule has 1 heterocycles. The lowest BCUT2D eigenvalue weighted by Crippen LogP contribution is -2.18. The predicted molar refractivity (Wildman–Crippen MR) is 78.0 cm³/mol. The summed E-state index contributed by atoms with van der Waals surface area (Å²) < 4.78 is 0. The first-order chi connectivity index (χ1) is 9.20. The van der Waals surface area contributed by atoms with Crippen molar-refractivity contribution in [3.05, 3.63) is 28.8 Å². The number of rotatable bonds is 2. The summed E-state index contributed by atoms with van der Waals surface area (Å²) in [4.78, 5) is 11.0. The molecule has 0 radical (unpaired) electrons. The second-order valence-electron chi connectivity index (χ2n) is 6.72. The Hall–Kier alpha value is -1.55. The highest BCUT2D eigenvalue weighted by Gasteiger charge is 2.31. The van der Waals surface area contributed by atoms with Crippen LogP contribution < -0.4 is 5.32 Å². The van der Waals surface area contributed by atoms with Crippen molar-refractivity contribution in [2.75, 3.05) is 6.54 Å². The Morgan fingerprint density at radius 1 is 1.35 bits per heavy atom. The van der Waals surface area contributed by atoms with Crippen LogP contribution >= 0.6 is 0 Å². The normalized spacial score (nSPS) is 23.0. The average molecular weight is 277 g/mol. The predicted octanol–water partition coefficient (Wildman–Crippen LogP) is 2.73. The summed E-state index contributed by atoms with van der Waals surface area (Å²) in [5.74, 6) is -0.729. The summed E-state index contributed by atoms with van der Waals surface area (Å²) in [6, 6.07) is 4.01. The van der Waals surface area contributed by atoms with Gasteiger partial charge in [-0.2, -0.15) is 0 Å². The van der Waals surface area contributed by atoms with E-state index < -0.39 is 5.97 Å². The van der Waals surface area contributed by atoms with Crippen molar-refractivity contribution < 1.29 is 15.0 Å². The largest absolute Gasteiger partial charge is 0.507 e. The Morgan fingerprint density at radius 3 is 2.50 bits per heavy atom. The molecule has 20 heavy (non-hydrogen) atoms. The smallest absolute Gasteiger partial charge is 0.307 e. The van der Waals surface area contributed by atoms with Crippen LogP contribution in [0.2, 0.25) is 0 Å². The molecule has 0 bridgehead atoms. The number of carboxylic acid groups (broad SMARTS) is 1. The number of phenols is 1. The summed E-state index contributed by atoms with van der Waals surface area (Å²) >= 11 is 0. The fourth-order valence-electron chi connectivity index (χ4n) is 2.76. The second kappa shape index (κ2) is 5.09. The van der Waals surface area contributed by atoms with Gasteiger partial charge in [0.15, 0.2) is 0 Å². The lowest BCUT2D eigenvalue weighted by molar-refractivity contribution is -0.141. The van der Waals surface area contributed by atoms with Crippen molar-refractivity contribution in [1.82, 2.24) is 5.32 Å². The highest BCUT2D eigenvalue weighted by Crippen LogP contribution is 2.37. The lowest BCUT2D eigenvalue weighted by Gasteiger charge is -2.24. The number of benzene rings is 1. The number of aromatic hydroxyl groups is 1. The number of phenolic OH excluding ortho intramolecular Hbond substituents is 1. The fraction of sp³-hybridized carbons (Fsp3) is 0.562. The average Bonchev–Trinajstić information content (AvgIpc) is 2.80. The Bertz CT molecular complexity index is 531. The number of hydrogen-bond donors (Lipinski definition) is 3. The van der Waals surface area contributed by atoms with Gasteiger partial charge in [0, 0.05) is 12.6 Å². The molecule has 3 N–H and O–H groups in total. The highest BCUT2D eigenvalue weighted by atomic mass is 16.4. The summed E-state index contributed by atoms with van der Waals surface area (Å²) in [6.45, 7) is 8.58. The van der Waals surface area contributed by atoms with E-state index >= 15 is 0 Å². The van der Waals surface area contributed by atoms with Crippen LogP contribution in [0.25, 0.3) is 0 Å². The van der Waals surface area contributed by atoms with E-state index in [2.05, 4.69) is 26.1 Å². The summed E-state index contributed by atoms with van der Waals surface area (Å²) in [6.07, 6.45) is 0.600. The maximum Gasteiger partial charge on any atom is 0.307 e. The molecule has 1 aromatic rings. The van der Waals surface area contributed by atoms with Crippen LogP contribution in [0.1, 0.15) is 49.9 Å². The van der Waals surface area contributed by atoms with Gasteiger partial charge in [-0.3, -0.25) is 4.79 Å². The van der Waals surface area contributed by atoms with Crippen LogP contribution in [-0.2, 0) is 10.2 Å². The molecular weight excluding hydrogens is 254 g/mol. The van der Waals surface area contributed by atoms with Gasteiger partial charge in [-0.1, -0.05) is 26.8 Å². The quantitative estimate of drug-likeness (QED) is 0.777. The van der Waals surface area contributed by atoms with E-state index in [1.54, 1.807) is 0 Å². The number of nitrogens with one attached hydrogen (secondary N) is 1. The molecule has 0 saturated carbocycles. The molecule has 4 nitrogen and oxygen atoms in total. The van der Waals surface area contributed by atoms with Crippen molar-refractivity contribution in [2.45, 2.75) is 45.6 Å². The van der Waals surface area contributed by atoms with Crippen LogP contribution in [0.4, 0.5) is 0 Å². The molecule has 1 aromatic carbocycles. The van der Waals surface area contributed by atoms with Crippen molar-refractivity contribution in [1.29, 1.82) is 0 Å². The molecule has 0 aromatic heterocycles. The molecule has 1 saturated heterocycles. The van der Waals surface area contributed by atoms with Crippen molar-refractivity contribution in [2.24, 2.45) is 5.92 Å². The van der Waals surface area contributed by atoms with Crippen LogP contribution in [-0.4, -0.2) is 22.7 Å². The van der Waals surface area contributed by atoms with Gasteiger partial charge in [-0.25, -0.2) is 0 Å². The minimum Gasteiger partial charge on any atom is -0.507 e. The van der Waals surface area contributed by atoms with E-state index in [0.29, 0.717) is 18.7 Å². The molecular formula is C16H23NO3. The second-order valence-corrected chi connectivity index (χ2v) is 6.72. The van der Waals surface area contributed by atoms with Gasteiger partial charge in [0.2, 0.25) is 0 Å². The molecule has 0 spiro atoms. The first-order valence-electron chi connectivity index (χ1n) is 7.00. The number of hydrogen-bond acceptors (Lipinski definition) is 3. The molecule has 1 fully saturated rings. The molecule has 0 amide bonds.